The van der Waals surface area contributed by atoms with E-state index in [9.17, 15) is 14.9 Å². The van der Waals surface area contributed by atoms with Gasteiger partial charge in [0, 0.05) is 19.7 Å². The molecule has 2 atom stereocenters. The zero-order valence-corrected chi connectivity index (χ0v) is 11.3. The molecule has 1 aliphatic heterocycles. The Labute approximate surface area is 120 Å². The number of nitrogens with zero attached hydrogens (tertiary/aromatic N) is 2. The first kappa shape index (κ1) is 14.9. The molecule has 8 heteroatoms. The van der Waals surface area contributed by atoms with Gasteiger partial charge in [-0.1, -0.05) is 0 Å². The highest BCUT2D eigenvalue weighted by molar-refractivity contribution is 5.97. The number of nitriles is 1. The monoisotopic (exact) mass is 290 g/mol. The molecule has 1 aromatic carbocycles. The second kappa shape index (κ2) is 6.30. The number of nitro benzene ring substituents is 1. The van der Waals surface area contributed by atoms with Crippen molar-refractivity contribution in [1.29, 1.82) is 5.26 Å². The quantitative estimate of drug-likeness (QED) is 0.625. The van der Waals surface area contributed by atoms with Crippen LogP contribution in [0.1, 0.15) is 12.0 Å². The Kier molecular flexibility index (Phi) is 4.47. The minimum atomic E-state index is -0.628. The third kappa shape index (κ3) is 3.34. The molecule has 0 bridgehead atoms. The number of rotatable bonds is 4. The standard InChI is InChI=1S/C13H14N4O4/c1-21-9-5-11(15-7-9)13(18)16-10-3-2-8(6-14)4-12(10)17(19)20/h2-4,9,11,15H,5,7H2,1H3,(H,16,18). The van der Waals surface area contributed by atoms with E-state index in [0.717, 1.165) is 6.07 Å². The topological polar surface area (TPSA) is 117 Å². The maximum absolute atomic E-state index is 12.1. The molecule has 1 saturated heterocycles. The van der Waals surface area contributed by atoms with Crippen LogP contribution in [-0.2, 0) is 9.53 Å². The average molecular weight is 290 g/mol. The van der Waals surface area contributed by atoms with Gasteiger partial charge in [0.25, 0.3) is 5.69 Å². The Bertz CT molecular complexity index is 611. The Balaban J connectivity index is 2.14. The van der Waals surface area contributed by atoms with Crippen LogP contribution in [0, 0.1) is 21.4 Å². The van der Waals surface area contributed by atoms with E-state index in [2.05, 4.69) is 10.6 Å². The summed E-state index contributed by atoms with van der Waals surface area (Å²) in [5.41, 5.74) is -0.0616. The molecule has 110 valence electrons. The van der Waals surface area contributed by atoms with E-state index < -0.39 is 11.0 Å². The number of benzene rings is 1. The molecule has 0 aliphatic carbocycles. The first-order chi connectivity index (χ1) is 10.0. The zero-order valence-electron chi connectivity index (χ0n) is 11.3. The first-order valence-corrected chi connectivity index (χ1v) is 6.30. The molecule has 1 fully saturated rings. The smallest absolute Gasteiger partial charge is 0.294 e. The Morgan fingerprint density at radius 2 is 2.38 bits per heavy atom. The summed E-state index contributed by atoms with van der Waals surface area (Å²) in [5.74, 6) is -0.359. The van der Waals surface area contributed by atoms with Crippen molar-refractivity contribution in [3.63, 3.8) is 0 Å². The van der Waals surface area contributed by atoms with Crippen molar-refractivity contribution in [3.8, 4) is 6.07 Å². The van der Waals surface area contributed by atoms with Crippen LogP contribution in [0.2, 0.25) is 0 Å². The average Bonchev–Trinajstić information content (AvgIpc) is 2.96. The van der Waals surface area contributed by atoms with E-state index >= 15 is 0 Å². The molecule has 0 radical (unpaired) electrons. The fraction of sp³-hybridized carbons (Fsp3) is 0.385. The lowest BCUT2D eigenvalue weighted by atomic mass is 10.1. The molecule has 1 aliphatic rings. The minimum absolute atomic E-state index is 0.0447. The number of hydrogen-bond donors (Lipinski definition) is 2. The number of amides is 1. The highest BCUT2D eigenvalue weighted by Crippen LogP contribution is 2.26. The largest absolute Gasteiger partial charge is 0.380 e. The van der Waals surface area contributed by atoms with Crippen molar-refractivity contribution in [2.45, 2.75) is 18.6 Å². The van der Waals surface area contributed by atoms with E-state index in [1.165, 1.54) is 12.1 Å². The summed E-state index contributed by atoms with van der Waals surface area (Å²) in [6.45, 7) is 0.560. The first-order valence-electron chi connectivity index (χ1n) is 6.30. The highest BCUT2D eigenvalue weighted by atomic mass is 16.6. The number of nitrogens with one attached hydrogen (secondary N) is 2. The predicted octanol–water partition coefficient (Wildman–Crippen LogP) is 0.782. The van der Waals surface area contributed by atoms with E-state index in [0.29, 0.717) is 13.0 Å². The van der Waals surface area contributed by atoms with E-state index in [1.54, 1.807) is 7.11 Å². The molecular formula is C13H14N4O4. The number of anilines is 1. The second-order valence-electron chi connectivity index (χ2n) is 4.64. The third-order valence-corrected chi connectivity index (χ3v) is 3.32. The number of methoxy groups -OCH3 is 1. The third-order valence-electron chi connectivity index (χ3n) is 3.32. The Morgan fingerprint density at radius 1 is 1.62 bits per heavy atom. The van der Waals surface area contributed by atoms with Crippen LogP contribution in [0.4, 0.5) is 11.4 Å². The molecular weight excluding hydrogens is 276 g/mol. The minimum Gasteiger partial charge on any atom is -0.380 e. The molecule has 2 unspecified atom stereocenters. The Hall–Kier alpha value is -2.50. The van der Waals surface area contributed by atoms with Gasteiger partial charge >= 0.3 is 0 Å². The van der Waals surface area contributed by atoms with Crippen LogP contribution in [0.15, 0.2) is 18.2 Å². The fourth-order valence-electron chi connectivity index (χ4n) is 2.16. The second-order valence-corrected chi connectivity index (χ2v) is 4.64. The van der Waals surface area contributed by atoms with Gasteiger partial charge in [-0.3, -0.25) is 14.9 Å². The van der Waals surface area contributed by atoms with Gasteiger partial charge in [0.2, 0.25) is 5.91 Å². The summed E-state index contributed by atoms with van der Waals surface area (Å²) in [4.78, 5) is 22.5. The number of ether oxygens (including phenoxy) is 1. The van der Waals surface area contributed by atoms with Gasteiger partial charge in [-0.15, -0.1) is 0 Å². The van der Waals surface area contributed by atoms with Gasteiger partial charge in [-0.2, -0.15) is 5.26 Å². The van der Waals surface area contributed by atoms with Gasteiger partial charge < -0.3 is 15.4 Å². The molecule has 2 rings (SSSR count). The van der Waals surface area contributed by atoms with Gasteiger partial charge in [0.1, 0.15) is 5.69 Å². The number of carbonyl (C=O) groups is 1. The van der Waals surface area contributed by atoms with Crippen molar-refractivity contribution >= 4 is 17.3 Å². The normalized spacial score (nSPS) is 20.8. The van der Waals surface area contributed by atoms with E-state index in [1.807, 2.05) is 6.07 Å². The van der Waals surface area contributed by atoms with Crippen LogP contribution >= 0.6 is 0 Å². The molecule has 0 spiro atoms. The summed E-state index contributed by atoms with van der Waals surface area (Å²) in [5, 5.41) is 25.3. The Morgan fingerprint density at radius 3 is 2.95 bits per heavy atom. The summed E-state index contributed by atoms with van der Waals surface area (Å²) in [7, 11) is 1.57. The van der Waals surface area contributed by atoms with Crippen molar-refractivity contribution in [3.05, 3.63) is 33.9 Å². The van der Waals surface area contributed by atoms with Crippen LogP contribution in [0.3, 0.4) is 0 Å². The van der Waals surface area contributed by atoms with Crippen molar-refractivity contribution in [1.82, 2.24) is 5.32 Å². The SMILES string of the molecule is COC1CNC(C(=O)Nc2ccc(C#N)cc2[N+](=O)[O-])C1. The van der Waals surface area contributed by atoms with Gasteiger partial charge in [0.15, 0.2) is 0 Å². The van der Waals surface area contributed by atoms with Crippen LogP contribution in [0.5, 0.6) is 0 Å². The van der Waals surface area contributed by atoms with Gasteiger partial charge in [-0.25, -0.2) is 0 Å². The lowest BCUT2D eigenvalue weighted by Gasteiger charge is -2.11. The van der Waals surface area contributed by atoms with Gasteiger partial charge in [0.05, 0.1) is 28.7 Å². The lowest BCUT2D eigenvalue weighted by molar-refractivity contribution is -0.383. The number of carbonyl (C=O) groups excluding carboxylic acids is 1. The van der Waals surface area contributed by atoms with E-state index in [4.69, 9.17) is 10.00 Å². The molecule has 1 heterocycles. The van der Waals surface area contributed by atoms with Crippen molar-refractivity contribution < 1.29 is 14.5 Å². The highest BCUT2D eigenvalue weighted by Gasteiger charge is 2.30. The zero-order chi connectivity index (χ0) is 15.4. The maximum atomic E-state index is 12.1. The molecule has 1 aromatic rings. The summed E-state index contributed by atoms with van der Waals surface area (Å²) in [6.07, 6.45) is 0.462. The van der Waals surface area contributed by atoms with Crippen LogP contribution in [0.25, 0.3) is 0 Å². The van der Waals surface area contributed by atoms with Crippen molar-refractivity contribution in [2.24, 2.45) is 0 Å². The van der Waals surface area contributed by atoms with Crippen LogP contribution in [-0.4, -0.2) is 36.6 Å². The summed E-state index contributed by atoms with van der Waals surface area (Å²) < 4.78 is 5.15. The number of hydrogen-bond acceptors (Lipinski definition) is 6. The predicted molar refractivity (Wildman–Crippen MR) is 73.6 cm³/mol. The molecule has 1 amide bonds. The maximum Gasteiger partial charge on any atom is 0.294 e. The van der Waals surface area contributed by atoms with Crippen LogP contribution < -0.4 is 10.6 Å². The molecule has 0 saturated carbocycles. The molecule has 0 aromatic heterocycles. The number of nitro groups is 1. The summed E-state index contributed by atoms with van der Waals surface area (Å²) >= 11 is 0. The van der Waals surface area contributed by atoms with E-state index in [-0.39, 0.29) is 28.9 Å². The van der Waals surface area contributed by atoms with Crippen molar-refractivity contribution in [2.75, 3.05) is 19.0 Å². The fourth-order valence-corrected chi connectivity index (χ4v) is 2.16. The summed E-state index contributed by atoms with van der Waals surface area (Å²) in [6, 6.07) is 5.28. The van der Waals surface area contributed by atoms with Gasteiger partial charge in [-0.05, 0) is 18.6 Å². The lowest BCUT2D eigenvalue weighted by Crippen LogP contribution is -2.35. The molecule has 21 heavy (non-hydrogen) atoms. The molecule has 8 nitrogen and oxygen atoms in total. The molecule has 2 N–H and O–H groups in total.